The van der Waals surface area contributed by atoms with Crippen LogP contribution in [-0.4, -0.2) is 44.7 Å². The third-order valence-electron chi connectivity index (χ3n) is 3.22. The average Bonchev–Trinajstić information content (AvgIpc) is 2.44. The van der Waals surface area contributed by atoms with Crippen LogP contribution in [0.1, 0.15) is 31.9 Å². The van der Waals surface area contributed by atoms with E-state index in [1.807, 2.05) is 32.3 Å². The van der Waals surface area contributed by atoms with Gasteiger partial charge in [-0.15, -0.1) is 0 Å². The largest absolute Gasteiger partial charge is 0.338 e. The molecule has 0 spiro atoms. The van der Waals surface area contributed by atoms with Gasteiger partial charge in [0.15, 0.2) is 0 Å². The lowest BCUT2D eigenvalue weighted by Gasteiger charge is -2.14. The minimum Gasteiger partial charge on any atom is -0.338 e. The number of amides is 2. The molecule has 0 fully saturated rings. The van der Waals surface area contributed by atoms with Crippen LogP contribution in [0.25, 0.3) is 0 Å². The molecule has 118 valence electrons. The van der Waals surface area contributed by atoms with E-state index in [9.17, 15) is 4.79 Å². The van der Waals surface area contributed by atoms with Crippen molar-refractivity contribution < 1.29 is 4.79 Å². The second kappa shape index (κ2) is 9.37. The van der Waals surface area contributed by atoms with Gasteiger partial charge in [-0.1, -0.05) is 19.1 Å². The third-order valence-corrected chi connectivity index (χ3v) is 3.22. The van der Waals surface area contributed by atoms with Gasteiger partial charge in [0.25, 0.3) is 0 Å². The number of urea groups is 1. The molecule has 21 heavy (non-hydrogen) atoms. The van der Waals surface area contributed by atoms with Gasteiger partial charge in [-0.2, -0.15) is 0 Å². The molecule has 5 heteroatoms. The van der Waals surface area contributed by atoms with Crippen molar-refractivity contribution in [2.45, 2.75) is 26.3 Å². The highest BCUT2D eigenvalue weighted by Crippen LogP contribution is 2.17. The number of nitrogens with zero attached hydrogens (tertiary/aromatic N) is 1. The first-order valence-electron chi connectivity index (χ1n) is 7.56. The Balaban J connectivity index is 2.43. The van der Waals surface area contributed by atoms with Gasteiger partial charge in [0.2, 0.25) is 0 Å². The van der Waals surface area contributed by atoms with Crippen molar-refractivity contribution in [1.29, 1.82) is 0 Å². The van der Waals surface area contributed by atoms with Gasteiger partial charge >= 0.3 is 6.03 Å². The van der Waals surface area contributed by atoms with E-state index in [1.54, 1.807) is 0 Å². The van der Waals surface area contributed by atoms with Crippen LogP contribution in [0.5, 0.6) is 0 Å². The molecular weight excluding hydrogens is 264 g/mol. The second-order valence-electron chi connectivity index (χ2n) is 5.44. The van der Waals surface area contributed by atoms with E-state index in [2.05, 4.69) is 40.8 Å². The van der Waals surface area contributed by atoms with Crippen LogP contribution in [-0.2, 0) is 0 Å². The zero-order valence-electron chi connectivity index (χ0n) is 13.6. The van der Waals surface area contributed by atoms with Crippen molar-refractivity contribution in [3.63, 3.8) is 0 Å². The number of hydrogen-bond acceptors (Lipinski definition) is 3. The SMILES string of the molecule is CCNC(C)c1cccc(NC(=O)NCCCN(C)C)c1. The number of anilines is 1. The van der Waals surface area contributed by atoms with Gasteiger partial charge in [-0.25, -0.2) is 4.79 Å². The van der Waals surface area contributed by atoms with Gasteiger partial charge < -0.3 is 20.9 Å². The molecular formula is C16H28N4O. The van der Waals surface area contributed by atoms with Crippen LogP contribution in [0.15, 0.2) is 24.3 Å². The van der Waals surface area contributed by atoms with E-state index in [0.717, 1.165) is 25.2 Å². The molecule has 0 aliphatic carbocycles. The number of rotatable bonds is 8. The fraction of sp³-hybridized carbons (Fsp3) is 0.562. The molecule has 5 nitrogen and oxygen atoms in total. The number of carbonyl (C=O) groups excluding carboxylic acids is 1. The van der Waals surface area contributed by atoms with Gasteiger partial charge in [-0.3, -0.25) is 0 Å². The van der Waals surface area contributed by atoms with Crippen LogP contribution in [0, 0.1) is 0 Å². The lowest BCUT2D eigenvalue weighted by atomic mass is 10.1. The molecule has 0 saturated carbocycles. The topological polar surface area (TPSA) is 56.4 Å². The normalized spacial score (nSPS) is 12.2. The predicted octanol–water partition coefficient (Wildman–Crippen LogP) is 2.43. The molecule has 0 saturated heterocycles. The number of benzene rings is 1. The van der Waals surface area contributed by atoms with Crippen molar-refractivity contribution in [3.8, 4) is 0 Å². The van der Waals surface area contributed by atoms with Crippen molar-refractivity contribution in [2.75, 3.05) is 39.0 Å². The molecule has 0 aliphatic heterocycles. The van der Waals surface area contributed by atoms with Crippen molar-refractivity contribution in [1.82, 2.24) is 15.5 Å². The first-order valence-corrected chi connectivity index (χ1v) is 7.56. The Kier molecular flexibility index (Phi) is 7.79. The maximum Gasteiger partial charge on any atom is 0.319 e. The van der Waals surface area contributed by atoms with Crippen LogP contribution in [0.2, 0.25) is 0 Å². The van der Waals surface area contributed by atoms with Gasteiger partial charge in [0.05, 0.1) is 0 Å². The van der Waals surface area contributed by atoms with Crippen LogP contribution in [0.4, 0.5) is 10.5 Å². The third kappa shape index (κ3) is 7.11. The van der Waals surface area contributed by atoms with Gasteiger partial charge in [0.1, 0.15) is 0 Å². The molecule has 0 aliphatic rings. The predicted molar refractivity (Wildman–Crippen MR) is 88.7 cm³/mol. The molecule has 1 aromatic rings. The Morgan fingerprint density at radius 1 is 1.33 bits per heavy atom. The van der Waals surface area contributed by atoms with E-state index >= 15 is 0 Å². The highest BCUT2D eigenvalue weighted by atomic mass is 16.2. The minimum atomic E-state index is -0.151. The summed E-state index contributed by atoms with van der Waals surface area (Å²) in [5.41, 5.74) is 1.99. The minimum absolute atomic E-state index is 0.151. The quantitative estimate of drug-likeness (QED) is 0.645. The summed E-state index contributed by atoms with van der Waals surface area (Å²) in [6, 6.07) is 8.06. The van der Waals surface area contributed by atoms with E-state index in [-0.39, 0.29) is 12.1 Å². The molecule has 2 amide bonds. The van der Waals surface area contributed by atoms with E-state index < -0.39 is 0 Å². The highest BCUT2D eigenvalue weighted by molar-refractivity contribution is 5.89. The summed E-state index contributed by atoms with van der Waals surface area (Å²) in [6.07, 6.45) is 0.942. The van der Waals surface area contributed by atoms with Crippen molar-refractivity contribution in [2.24, 2.45) is 0 Å². The number of carbonyl (C=O) groups is 1. The lowest BCUT2D eigenvalue weighted by Crippen LogP contribution is -2.31. The maximum absolute atomic E-state index is 11.8. The lowest BCUT2D eigenvalue weighted by molar-refractivity contribution is 0.251. The van der Waals surface area contributed by atoms with E-state index in [1.165, 1.54) is 5.56 Å². The molecule has 1 aromatic carbocycles. The number of nitrogens with one attached hydrogen (secondary N) is 3. The van der Waals surface area contributed by atoms with E-state index in [0.29, 0.717) is 6.54 Å². The fourth-order valence-electron chi connectivity index (χ4n) is 2.08. The van der Waals surface area contributed by atoms with E-state index in [4.69, 9.17) is 0 Å². The van der Waals surface area contributed by atoms with Gasteiger partial charge in [0, 0.05) is 18.3 Å². The first-order chi connectivity index (χ1) is 10.0. The van der Waals surface area contributed by atoms with Crippen molar-refractivity contribution >= 4 is 11.7 Å². The summed E-state index contributed by atoms with van der Waals surface area (Å²) in [4.78, 5) is 13.9. The Morgan fingerprint density at radius 3 is 2.76 bits per heavy atom. The zero-order valence-corrected chi connectivity index (χ0v) is 13.6. The second-order valence-corrected chi connectivity index (χ2v) is 5.44. The Morgan fingerprint density at radius 2 is 2.10 bits per heavy atom. The highest BCUT2D eigenvalue weighted by Gasteiger charge is 2.06. The Hall–Kier alpha value is -1.59. The molecule has 1 rings (SSSR count). The Labute approximate surface area is 128 Å². The summed E-state index contributed by atoms with van der Waals surface area (Å²) < 4.78 is 0. The molecule has 0 bridgehead atoms. The van der Waals surface area contributed by atoms with Gasteiger partial charge in [-0.05, 0) is 58.2 Å². The van der Waals surface area contributed by atoms with Crippen LogP contribution >= 0.6 is 0 Å². The smallest absolute Gasteiger partial charge is 0.319 e. The molecule has 3 N–H and O–H groups in total. The molecule has 0 radical (unpaired) electrons. The summed E-state index contributed by atoms with van der Waals surface area (Å²) in [6.45, 7) is 6.77. The summed E-state index contributed by atoms with van der Waals surface area (Å²) in [5, 5.41) is 9.11. The molecule has 1 unspecified atom stereocenters. The fourth-order valence-corrected chi connectivity index (χ4v) is 2.08. The van der Waals surface area contributed by atoms with Crippen LogP contribution < -0.4 is 16.0 Å². The maximum atomic E-state index is 11.8. The Bertz CT molecular complexity index is 434. The average molecular weight is 292 g/mol. The summed E-state index contributed by atoms with van der Waals surface area (Å²) >= 11 is 0. The standard InChI is InChI=1S/C16H28N4O/c1-5-17-13(2)14-8-6-9-15(12-14)19-16(21)18-10-7-11-20(3)4/h6,8-9,12-13,17H,5,7,10-11H2,1-4H3,(H2,18,19,21). The summed E-state index contributed by atoms with van der Waals surface area (Å²) in [7, 11) is 4.05. The summed E-state index contributed by atoms with van der Waals surface area (Å²) in [5.74, 6) is 0. The molecule has 1 atom stereocenters. The molecule has 0 heterocycles. The van der Waals surface area contributed by atoms with Crippen molar-refractivity contribution in [3.05, 3.63) is 29.8 Å². The molecule has 0 aromatic heterocycles. The van der Waals surface area contributed by atoms with Crippen LogP contribution in [0.3, 0.4) is 0 Å². The monoisotopic (exact) mass is 292 g/mol. The first kappa shape index (κ1) is 17.5. The number of hydrogen-bond donors (Lipinski definition) is 3. The zero-order chi connectivity index (χ0) is 15.7.